The lowest BCUT2D eigenvalue weighted by atomic mass is 9.30. The zero-order chi connectivity index (χ0) is 58.9. The molecular weight excluding hydrogens is 1190 g/mol. The van der Waals surface area contributed by atoms with Crippen LogP contribution in [0.2, 0.25) is 0 Å². The van der Waals surface area contributed by atoms with Gasteiger partial charge in [0.05, 0.1) is 22.7 Å². The van der Waals surface area contributed by atoms with Crippen LogP contribution in [-0.2, 0) is 16.2 Å². The van der Waals surface area contributed by atoms with Crippen LogP contribution < -0.4 is 75.4 Å². The first-order valence-electron chi connectivity index (χ1n) is 35.0. The zero-order valence-corrected chi connectivity index (χ0v) is 55.0. The Labute approximate surface area is 550 Å². The Kier molecular flexibility index (Phi) is 9.94. The van der Waals surface area contributed by atoms with Gasteiger partial charge in [0, 0.05) is 65.3 Å². The summed E-state index contributed by atoms with van der Waals surface area (Å²) in [6, 6.07) is 43.9. The van der Waals surface area contributed by atoms with E-state index in [1.54, 1.807) is 5.56 Å². The van der Waals surface area contributed by atoms with Crippen LogP contribution in [-0.4, -0.2) is 32.6 Å². The van der Waals surface area contributed by atoms with Crippen molar-refractivity contribution in [3.8, 4) is 46.0 Å². The maximum Gasteiger partial charge on any atom is 0.273 e. The minimum atomic E-state index is -0.0649. The maximum atomic E-state index is 7.70. The quantitative estimate of drug-likeness (QED) is 0.125. The number of ether oxygens (including phenoxy) is 4. The number of anilines is 4. The summed E-state index contributed by atoms with van der Waals surface area (Å²) in [5, 5.41) is 2.44. The van der Waals surface area contributed by atoms with Gasteiger partial charge in [0.15, 0.2) is 0 Å². The van der Waals surface area contributed by atoms with Crippen molar-refractivity contribution < 1.29 is 18.9 Å². The van der Waals surface area contributed by atoms with E-state index in [1.165, 1.54) is 217 Å². The molecule has 0 atom stereocenters. The fourth-order valence-electron chi connectivity index (χ4n) is 25.4. The third-order valence-electron chi connectivity index (χ3n) is 27.5. The van der Waals surface area contributed by atoms with Gasteiger partial charge in [-0.15, -0.1) is 22.7 Å². The van der Waals surface area contributed by atoms with Gasteiger partial charge in [-0.1, -0.05) is 36.4 Å². The second-order valence-corrected chi connectivity index (χ2v) is 36.1. The molecule has 13 heteroatoms. The van der Waals surface area contributed by atoms with Crippen molar-refractivity contribution in [2.75, 3.05) is 21.1 Å². The van der Waals surface area contributed by atoms with Gasteiger partial charge in [0.25, 0.3) is 20.1 Å². The first-order valence-corrected chi connectivity index (χ1v) is 39.0. The third-order valence-corrected chi connectivity index (χ3v) is 31.5. The Morgan fingerprint density at radius 3 is 1.07 bits per heavy atom. The number of nitrogens with zero attached hydrogens (tertiary/aromatic N) is 2. The van der Waals surface area contributed by atoms with Crippen molar-refractivity contribution in [1.29, 1.82) is 0 Å². The average Bonchev–Trinajstić information content (AvgIpc) is 1.48. The summed E-state index contributed by atoms with van der Waals surface area (Å²) in [6.07, 6.45) is 29.2. The smallest absolute Gasteiger partial charge is 0.273 e. The standard InChI is InChI=1S/C78H69B3N2O4S4/c1-88-82-57-28-61-55(80-70-63(84-61)22-49(77-33-42-14-43(34-77)16-44(15-42)35-77)24-65(70)86-72-51-7-3-5-9-67(51)90-74(72)80)26-53(57)79-54-27-56-62(29-58(54)83(89-2)60-21-48(20-59(82)69(60)79)76-30-39-11-40(31-76)13-41(12-39)32-76)85-64-23-50(78-36-45-17-46(37-78)19-47(18-45)38-78)25-66-71(64)81(56)75-73(87-66)52-8-4-6-10-68(52)91-75/h3-10,20-29,39-47H,11-19,30-38H2,1-2H3. The Balaban J connectivity index is 0.738. The maximum absolute atomic E-state index is 7.70. The summed E-state index contributed by atoms with van der Waals surface area (Å²) in [7, 11) is 0. The van der Waals surface area contributed by atoms with E-state index in [1.807, 2.05) is 46.6 Å². The molecule has 27 rings (SSSR count). The van der Waals surface area contributed by atoms with Crippen LogP contribution in [0.5, 0.6) is 46.0 Å². The third kappa shape index (κ3) is 6.70. The number of thiophene rings is 2. The average molecular weight is 1260 g/mol. The van der Waals surface area contributed by atoms with Gasteiger partial charge in [-0.05, 0) is 314 Å². The minimum Gasteiger partial charge on any atom is -0.458 e. The van der Waals surface area contributed by atoms with Crippen molar-refractivity contribution in [2.24, 2.45) is 53.3 Å². The monoisotopic (exact) mass is 1260 g/mol. The lowest BCUT2D eigenvalue weighted by molar-refractivity contribution is -0.00542. The second kappa shape index (κ2) is 17.5. The van der Waals surface area contributed by atoms with Gasteiger partial charge in [-0.2, -0.15) is 0 Å². The molecule has 0 unspecified atom stereocenters. The van der Waals surface area contributed by atoms with Gasteiger partial charge in [0.1, 0.15) is 46.0 Å². The molecule has 12 bridgehead atoms. The van der Waals surface area contributed by atoms with Crippen LogP contribution >= 0.6 is 46.6 Å². The van der Waals surface area contributed by atoms with E-state index < -0.39 is 0 Å². The van der Waals surface area contributed by atoms with E-state index in [-0.39, 0.29) is 36.4 Å². The molecule has 0 amide bonds. The Morgan fingerprint density at radius 2 is 0.703 bits per heavy atom. The highest BCUT2D eigenvalue weighted by molar-refractivity contribution is 8.00. The number of hydrogen-bond donors (Lipinski definition) is 0. The molecule has 0 saturated heterocycles. The van der Waals surface area contributed by atoms with Crippen LogP contribution in [0.25, 0.3) is 20.2 Å². The van der Waals surface area contributed by atoms with Crippen molar-refractivity contribution >= 4 is 157 Å². The molecule has 2 aromatic heterocycles. The summed E-state index contributed by atoms with van der Waals surface area (Å²) >= 11 is 7.60. The molecule has 9 aromatic rings. The highest BCUT2D eigenvalue weighted by atomic mass is 32.2. The van der Waals surface area contributed by atoms with Gasteiger partial charge in [-0.3, -0.25) is 8.61 Å². The predicted octanol–water partition coefficient (Wildman–Crippen LogP) is 14.9. The molecule has 12 saturated carbocycles. The summed E-state index contributed by atoms with van der Waals surface area (Å²) in [5.74, 6) is 15.7. The van der Waals surface area contributed by atoms with E-state index in [2.05, 4.69) is 130 Å². The summed E-state index contributed by atoms with van der Waals surface area (Å²) in [5.41, 5.74) is 19.4. The van der Waals surface area contributed by atoms with Gasteiger partial charge < -0.3 is 18.9 Å². The normalized spacial score (nSPS) is 32.1. The fraction of sp³-hybridized carbons (Fsp3) is 0.410. The molecule has 12 fully saturated rings. The van der Waals surface area contributed by atoms with Gasteiger partial charge >= 0.3 is 0 Å². The molecule has 91 heavy (non-hydrogen) atoms. The molecule has 6 nitrogen and oxygen atoms in total. The Bertz CT molecular complexity index is 4480. The van der Waals surface area contributed by atoms with E-state index in [4.69, 9.17) is 18.9 Å². The molecule has 8 heterocycles. The zero-order valence-electron chi connectivity index (χ0n) is 51.7. The van der Waals surface area contributed by atoms with Crippen LogP contribution in [0.15, 0.2) is 109 Å². The number of hydrogen-bond acceptors (Lipinski definition) is 10. The number of fused-ring (bicyclic) bond motifs is 16. The molecule has 448 valence electrons. The first kappa shape index (κ1) is 51.6. The Morgan fingerprint density at radius 1 is 0.363 bits per heavy atom. The fourth-order valence-corrected chi connectivity index (χ4v) is 29.4. The molecular formula is C78H69B3N2O4S4. The second-order valence-electron chi connectivity index (χ2n) is 32.4. The summed E-state index contributed by atoms with van der Waals surface area (Å²) < 4.78 is 40.7. The van der Waals surface area contributed by atoms with Crippen LogP contribution in [0.3, 0.4) is 0 Å². The molecule has 18 aliphatic rings. The largest absolute Gasteiger partial charge is 0.458 e. The van der Waals surface area contributed by atoms with E-state index in [9.17, 15) is 0 Å². The van der Waals surface area contributed by atoms with Gasteiger partial charge in [0.2, 0.25) is 0 Å². The van der Waals surface area contributed by atoms with Crippen molar-refractivity contribution in [3.63, 3.8) is 0 Å². The van der Waals surface area contributed by atoms with Crippen LogP contribution in [0, 0.1) is 53.3 Å². The van der Waals surface area contributed by atoms with Crippen molar-refractivity contribution in [3.05, 3.63) is 126 Å². The van der Waals surface area contributed by atoms with Crippen LogP contribution in [0.4, 0.5) is 22.7 Å². The first-order chi connectivity index (χ1) is 44.7. The highest BCUT2D eigenvalue weighted by Gasteiger charge is 2.58. The molecule has 12 aliphatic carbocycles. The molecule has 7 aromatic carbocycles. The van der Waals surface area contributed by atoms with E-state index in [0.717, 1.165) is 99.3 Å². The lowest BCUT2D eigenvalue weighted by Gasteiger charge is -2.57. The molecule has 0 N–H and O–H groups in total. The molecule has 0 radical (unpaired) electrons. The highest BCUT2D eigenvalue weighted by Crippen LogP contribution is 2.65. The van der Waals surface area contributed by atoms with Crippen molar-refractivity contribution in [2.45, 2.75) is 132 Å². The topological polar surface area (TPSA) is 43.4 Å². The SMILES string of the molecule is CSN1c2cc3c(cc2B2c4cc5c(cc4N(SC)c4cc(C67CC8CC(CC(C8)C6)C7)cc1c42)Oc1cc(C24CC6CC(CC(C6)C2)C4)cc2c1B5c1sc4ccccc4c1O2)B1c2sc4ccccc4c2Oc2cc(C45CC6CC(CC(C6)C4)C5)cc(c21)O3. The minimum absolute atomic E-state index is 0.0396. The van der Waals surface area contributed by atoms with E-state index in [0.29, 0.717) is 0 Å². The predicted molar refractivity (Wildman–Crippen MR) is 381 cm³/mol. The van der Waals surface area contributed by atoms with E-state index >= 15 is 0 Å². The lowest BCUT2D eigenvalue weighted by Crippen LogP contribution is -2.65. The number of rotatable bonds is 5. The molecule has 0 spiro atoms. The number of benzene rings is 7. The van der Waals surface area contributed by atoms with Gasteiger partial charge in [-0.25, -0.2) is 0 Å². The van der Waals surface area contributed by atoms with Crippen molar-refractivity contribution in [1.82, 2.24) is 0 Å². The van der Waals surface area contributed by atoms with Crippen LogP contribution in [0.1, 0.15) is 132 Å². The summed E-state index contributed by atoms with van der Waals surface area (Å²) in [6.45, 7) is -0.144. The summed E-state index contributed by atoms with van der Waals surface area (Å²) in [4.78, 5) is 0. The molecule has 6 aliphatic heterocycles. The Hall–Kier alpha value is -5.85.